The molecule has 0 saturated carbocycles. The van der Waals surface area contributed by atoms with E-state index in [2.05, 4.69) is 12.1 Å². The number of nitrogen functional groups attached to an aromatic ring is 1. The van der Waals surface area contributed by atoms with Crippen LogP contribution in [0.25, 0.3) is 0 Å². The van der Waals surface area contributed by atoms with Crippen LogP contribution < -0.4 is 14.9 Å². The first-order valence-corrected chi connectivity index (χ1v) is 7.56. The molecule has 2 N–H and O–H groups in total. The SMILES string of the molecule is Nc1cc(Cl)ccc1OC[Se]c1ccccc1. The van der Waals surface area contributed by atoms with Gasteiger partial charge in [0.1, 0.15) is 0 Å². The van der Waals surface area contributed by atoms with E-state index in [9.17, 15) is 0 Å². The van der Waals surface area contributed by atoms with E-state index in [1.165, 1.54) is 4.46 Å². The van der Waals surface area contributed by atoms with E-state index in [0.717, 1.165) is 0 Å². The minimum absolute atomic E-state index is 0.299. The van der Waals surface area contributed by atoms with Crippen molar-refractivity contribution in [2.45, 2.75) is 0 Å². The summed E-state index contributed by atoms with van der Waals surface area (Å²) in [5.41, 5.74) is 7.05. The third-order valence-electron chi connectivity index (χ3n) is 2.16. The van der Waals surface area contributed by atoms with E-state index < -0.39 is 0 Å². The number of nitrogens with two attached hydrogens (primary N) is 1. The molecule has 0 aliphatic rings. The van der Waals surface area contributed by atoms with Crippen LogP contribution >= 0.6 is 11.6 Å². The number of anilines is 1. The molecule has 0 fully saturated rings. The van der Waals surface area contributed by atoms with Crippen molar-refractivity contribution >= 4 is 36.7 Å². The third kappa shape index (κ3) is 3.67. The fraction of sp³-hybridized carbons (Fsp3) is 0.0769. The fourth-order valence-electron chi connectivity index (χ4n) is 1.33. The van der Waals surface area contributed by atoms with E-state index in [1.807, 2.05) is 18.2 Å². The van der Waals surface area contributed by atoms with Gasteiger partial charge in [-0.3, -0.25) is 0 Å². The topological polar surface area (TPSA) is 35.2 Å². The molecule has 0 aromatic heterocycles. The van der Waals surface area contributed by atoms with Crippen LogP contribution in [0.15, 0.2) is 48.5 Å². The number of rotatable bonds is 4. The molecule has 0 bridgehead atoms. The molecule has 2 aromatic carbocycles. The van der Waals surface area contributed by atoms with Gasteiger partial charge >= 0.3 is 112 Å². The van der Waals surface area contributed by atoms with Crippen LogP contribution in [0.4, 0.5) is 5.69 Å². The van der Waals surface area contributed by atoms with Gasteiger partial charge in [0.25, 0.3) is 0 Å². The molecule has 0 unspecified atom stereocenters. The molecule has 17 heavy (non-hydrogen) atoms. The maximum absolute atomic E-state index is 5.82. The number of ether oxygens (including phenoxy) is 1. The zero-order valence-corrected chi connectivity index (χ0v) is 11.6. The number of halogens is 1. The molecular formula is C13H12ClNOSe. The molecule has 0 amide bonds. The number of hydrogen-bond donors (Lipinski definition) is 1. The standard InChI is InChI=1S/C13H12ClNOSe/c14-10-6-7-13(12(15)8-10)16-9-17-11-4-2-1-3-5-11/h1-8H,9,15H2. The van der Waals surface area contributed by atoms with Crippen LogP contribution in [0, 0.1) is 0 Å². The van der Waals surface area contributed by atoms with Crippen molar-refractivity contribution in [2.24, 2.45) is 0 Å². The van der Waals surface area contributed by atoms with E-state index in [1.54, 1.807) is 18.2 Å². The van der Waals surface area contributed by atoms with Gasteiger partial charge in [-0.1, -0.05) is 0 Å². The molecular weight excluding hydrogens is 301 g/mol. The van der Waals surface area contributed by atoms with Gasteiger partial charge < -0.3 is 0 Å². The third-order valence-corrected chi connectivity index (χ3v) is 4.16. The Morgan fingerprint density at radius 2 is 1.88 bits per heavy atom. The molecule has 0 saturated heterocycles. The Kier molecular flexibility index (Phi) is 4.32. The predicted molar refractivity (Wildman–Crippen MR) is 73.2 cm³/mol. The first-order chi connectivity index (χ1) is 8.25. The summed E-state index contributed by atoms with van der Waals surface area (Å²) in [6.07, 6.45) is 0. The number of hydrogen-bond acceptors (Lipinski definition) is 2. The molecule has 0 radical (unpaired) electrons. The van der Waals surface area contributed by atoms with Crippen molar-refractivity contribution in [3.63, 3.8) is 0 Å². The van der Waals surface area contributed by atoms with E-state index in [4.69, 9.17) is 22.1 Å². The van der Waals surface area contributed by atoms with Gasteiger partial charge in [0, 0.05) is 0 Å². The van der Waals surface area contributed by atoms with Crippen LogP contribution in [0.2, 0.25) is 5.02 Å². The van der Waals surface area contributed by atoms with Gasteiger partial charge in [-0.2, -0.15) is 0 Å². The maximum atomic E-state index is 5.82. The summed E-state index contributed by atoms with van der Waals surface area (Å²) < 4.78 is 6.95. The molecule has 4 heteroatoms. The van der Waals surface area contributed by atoms with Crippen LogP contribution in [-0.4, -0.2) is 20.5 Å². The van der Waals surface area contributed by atoms with Gasteiger partial charge in [0.2, 0.25) is 0 Å². The molecule has 88 valence electrons. The van der Waals surface area contributed by atoms with Crippen molar-refractivity contribution < 1.29 is 4.74 Å². The van der Waals surface area contributed by atoms with Gasteiger partial charge in [0.15, 0.2) is 0 Å². The minimum atomic E-state index is 0.299. The molecule has 0 heterocycles. The van der Waals surface area contributed by atoms with Crippen LogP contribution in [0.5, 0.6) is 5.75 Å². The average Bonchev–Trinajstić information content (AvgIpc) is 2.33. The van der Waals surface area contributed by atoms with Gasteiger partial charge in [0.05, 0.1) is 0 Å². The molecule has 0 aliphatic carbocycles. The van der Waals surface area contributed by atoms with Crippen molar-refractivity contribution in [1.29, 1.82) is 0 Å². The van der Waals surface area contributed by atoms with E-state index in [0.29, 0.717) is 36.9 Å². The van der Waals surface area contributed by atoms with Crippen molar-refractivity contribution in [3.8, 4) is 5.75 Å². The van der Waals surface area contributed by atoms with Crippen LogP contribution in [-0.2, 0) is 0 Å². The second-order valence-electron chi connectivity index (χ2n) is 3.40. The Morgan fingerprint density at radius 3 is 2.59 bits per heavy atom. The van der Waals surface area contributed by atoms with Crippen molar-refractivity contribution in [3.05, 3.63) is 53.6 Å². The Morgan fingerprint density at radius 1 is 1.12 bits per heavy atom. The first-order valence-electron chi connectivity index (χ1n) is 5.11. The van der Waals surface area contributed by atoms with Gasteiger partial charge in [-0.05, 0) is 0 Å². The second-order valence-corrected chi connectivity index (χ2v) is 5.93. The van der Waals surface area contributed by atoms with E-state index in [-0.39, 0.29) is 0 Å². The molecule has 0 aliphatic heterocycles. The van der Waals surface area contributed by atoms with Gasteiger partial charge in [-0.25, -0.2) is 0 Å². The summed E-state index contributed by atoms with van der Waals surface area (Å²) >= 11 is 6.11. The predicted octanol–water partition coefficient (Wildman–Crippen LogP) is 2.29. The summed E-state index contributed by atoms with van der Waals surface area (Å²) in [6, 6.07) is 15.6. The Hall–Kier alpha value is -1.15. The molecule has 2 rings (SSSR count). The van der Waals surface area contributed by atoms with E-state index >= 15 is 0 Å². The first kappa shape index (κ1) is 12.3. The summed E-state index contributed by atoms with van der Waals surface area (Å²) in [4.78, 5) is 0. The quantitative estimate of drug-likeness (QED) is 0.694. The zero-order valence-electron chi connectivity index (χ0n) is 9.10. The van der Waals surface area contributed by atoms with Gasteiger partial charge in [-0.15, -0.1) is 0 Å². The molecule has 2 nitrogen and oxygen atoms in total. The summed E-state index contributed by atoms with van der Waals surface area (Å²) in [5.74, 6) is 0.701. The van der Waals surface area contributed by atoms with Crippen LogP contribution in [0.3, 0.4) is 0 Å². The fourth-order valence-corrected chi connectivity index (χ4v) is 2.92. The molecule has 0 spiro atoms. The van der Waals surface area contributed by atoms with Crippen molar-refractivity contribution in [1.82, 2.24) is 0 Å². The van der Waals surface area contributed by atoms with Crippen molar-refractivity contribution in [2.75, 3.05) is 11.2 Å². The molecule has 2 aromatic rings. The summed E-state index contributed by atoms with van der Waals surface area (Å²) in [6.45, 7) is 0. The Labute approximate surface area is 112 Å². The normalized spacial score (nSPS) is 10.2. The monoisotopic (exact) mass is 313 g/mol. The summed E-state index contributed by atoms with van der Waals surface area (Å²) in [7, 11) is 0. The Bertz CT molecular complexity index is 490. The summed E-state index contributed by atoms with van der Waals surface area (Å²) in [5, 5.41) is 0.628. The molecule has 0 atom stereocenters. The second kappa shape index (κ2) is 5.97. The number of benzene rings is 2. The Balaban J connectivity index is 1.90. The van der Waals surface area contributed by atoms with Crippen LogP contribution in [0.1, 0.15) is 0 Å². The average molecular weight is 313 g/mol. The zero-order chi connectivity index (χ0) is 12.1.